The minimum absolute atomic E-state index is 0.110. The molecule has 1 N–H and O–H groups in total. The molecule has 1 amide bonds. The number of likely N-dealkylation sites (tertiary alicyclic amines) is 1. The van der Waals surface area contributed by atoms with E-state index in [9.17, 15) is 4.79 Å². The van der Waals surface area contributed by atoms with Crippen LogP contribution >= 0.6 is 0 Å². The van der Waals surface area contributed by atoms with Crippen LogP contribution in [0.15, 0.2) is 5.16 Å². The van der Waals surface area contributed by atoms with Gasteiger partial charge in [-0.15, -0.1) is 0 Å². The van der Waals surface area contributed by atoms with Crippen LogP contribution in [0.1, 0.15) is 20.3 Å². The first-order chi connectivity index (χ1) is 9.13. The Morgan fingerprint density at radius 2 is 2.11 bits per heavy atom. The Balaban J connectivity index is 1.92. The predicted octanol–water partition coefficient (Wildman–Crippen LogP) is 0.406. The van der Waals surface area contributed by atoms with Gasteiger partial charge >= 0.3 is 0 Å². The van der Waals surface area contributed by atoms with Crippen molar-refractivity contribution in [2.45, 2.75) is 26.3 Å². The second-order valence-electron chi connectivity index (χ2n) is 5.35. The number of piperidine rings is 1. The van der Waals surface area contributed by atoms with E-state index in [4.69, 9.17) is 9.94 Å². The van der Waals surface area contributed by atoms with Crippen LogP contribution in [-0.4, -0.2) is 72.1 Å². The molecule has 2 atom stereocenters. The van der Waals surface area contributed by atoms with E-state index in [1.165, 1.54) is 0 Å². The van der Waals surface area contributed by atoms with Crippen LogP contribution in [0.4, 0.5) is 0 Å². The number of hydrogen-bond acceptors (Lipinski definition) is 5. The third kappa shape index (κ3) is 3.25. The molecule has 108 valence electrons. The molecule has 2 saturated heterocycles. The van der Waals surface area contributed by atoms with Crippen molar-refractivity contribution in [3.63, 3.8) is 0 Å². The van der Waals surface area contributed by atoms with Gasteiger partial charge in [-0.25, -0.2) is 0 Å². The van der Waals surface area contributed by atoms with Gasteiger partial charge in [-0.3, -0.25) is 9.69 Å². The van der Waals surface area contributed by atoms with Gasteiger partial charge in [-0.1, -0.05) is 12.1 Å². The molecule has 0 aromatic heterocycles. The van der Waals surface area contributed by atoms with E-state index in [1.54, 1.807) is 0 Å². The Hall–Kier alpha value is -1.14. The third-order valence-corrected chi connectivity index (χ3v) is 4.09. The standard InChI is InChI=1S/C13H23N3O3/c1-10-9-16(4-3-12(10)14-18)11(2)13(17)15-5-7-19-8-6-15/h10-11,18H,3-9H2,1-2H3. The molecule has 6 heteroatoms. The number of carbonyl (C=O) groups excluding carboxylic acids is 1. The zero-order valence-electron chi connectivity index (χ0n) is 11.7. The average Bonchev–Trinajstić information content (AvgIpc) is 2.46. The summed E-state index contributed by atoms with van der Waals surface area (Å²) in [5.74, 6) is 0.388. The first-order valence-corrected chi connectivity index (χ1v) is 6.95. The summed E-state index contributed by atoms with van der Waals surface area (Å²) in [6, 6.07) is -0.110. The van der Waals surface area contributed by atoms with Crippen LogP contribution in [0, 0.1) is 5.92 Å². The Labute approximate surface area is 114 Å². The van der Waals surface area contributed by atoms with Crippen LogP contribution in [0.2, 0.25) is 0 Å². The summed E-state index contributed by atoms with van der Waals surface area (Å²) in [7, 11) is 0. The fraction of sp³-hybridized carbons (Fsp3) is 0.846. The van der Waals surface area contributed by atoms with Gasteiger partial charge in [-0.2, -0.15) is 0 Å². The van der Waals surface area contributed by atoms with E-state index < -0.39 is 0 Å². The molecule has 0 aromatic carbocycles. The highest BCUT2D eigenvalue weighted by Crippen LogP contribution is 2.17. The SMILES string of the molecule is CC1CN(C(C)C(=O)N2CCOCC2)CCC1=NO. The molecular formula is C13H23N3O3. The molecule has 2 aliphatic rings. The fourth-order valence-electron chi connectivity index (χ4n) is 2.76. The van der Waals surface area contributed by atoms with E-state index in [-0.39, 0.29) is 17.9 Å². The summed E-state index contributed by atoms with van der Waals surface area (Å²) >= 11 is 0. The van der Waals surface area contributed by atoms with E-state index in [1.807, 2.05) is 18.7 Å². The van der Waals surface area contributed by atoms with Crippen LogP contribution in [-0.2, 0) is 9.53 Å². The van der Waals surface area contributed by atoms with Crippen molar-refractivity contribution in [2.24, 2.45) is 11.1 Å². The first-order valence-electron chi connectivity index (χ1n) is 6.95. The lowest BCUT2D eigenvalue weighted by Crippen LogP contribution is -2.53. The number of nitrogens with zero attached hydrogens (tertiary/aromatic N) is 3. The summed E-state index contributed by atoms with van der Waals surface area (Å²) in [6.07, 6.45) is 0.735. The van der Waals surface area contributed by atoms with Crippen molar-refractivity contribution in [2.75, 3.05) is 39.4 Å². The highest BCUT2D eigenvalue weighted by atomic mass is 16.5. The van der Waals surface area contributed by atoms with Gasteiger partial charge in [0.25, 0.3) is 0 Å². The van der Waals surface area contributed by atoms with Gasteiger partial charge in [0.15, 0.2) is 0 Å². The zero-order chi connectivity index (χ0) is 13.8. The second-order valence-corrected chi connectivity index (χ2v) is 5.35. The van der Waals surface area contributed by atoms with Crippen LogP contribution in [0.25, 0.3) is 0 Å². The molecule has 0 bridgehead atoms. The Bertz CT molecular complexity index is 353. The van der Waals surface area contributed by atoms with Crippen LogP contribution in [0.3, 0.4) is 0 Å². The third-order valence-electron chi connectivity index (χ3n) is 4.09. The molecule has 2 aliphatic heterocycles. The molecule has 2 heterocycles. The largest absolute Gasteiger partial charge is 0.411 e. The van der Waals surface area contributed by atoms with Crippen molar-refractivity contribution in [3.05, 3.63) is 0 Å². The van der Waals surface area contributed by atoms with Gasteiger partial charge in [0.05, 0.1) is 25.0 Å². The molecule has 0 saturated carbocycles. The van der Waals surface area contributed by atoms with Gasteiger partial charge in [0.2, 0.25) is 5.91 Å². The van der Waals surface area contributed by atoms with Gasteiger partial charge in [-0.05, 0) is 6.92 Å². The lowest BCUT2D eigenvalue weighted by atomic mass is 9.96. The summed E-state index contributed by atoms with van der Waals surface area (Å²) < 4.78 is 5.27. The molecule has 0 aliphatic carbocycles. The maximum absolute atomic E-state index is 12.4. The lowest BCUT2D eigenvalue weighted by Gasteiger charge is -2.38. The quantitative estimate of drug-likeness (QED) is 0.582. The maximum Gasteiger partial charge on any atom is 0.239 e. The Kier molecular flexibility index (Phi) is 4.76. The molecule has 19 heavy (non-hydrogen) atoms. The van der Waals surface area contributed by atoms with Gasteiger partial charge in [0.1, 0.15) is 0 Å². The minimum atomic E-state index is -0.110. The normalized spacial score (nSPS) is 29.5. The van der Waals surface area contributed by atoms with Gasteiger partial charge < -0.3 is 14.8 Å². The molecule has 6 nitrogen and oxygen atoms in total. The molecule has 2 unspecified atom stereocenters. The predicted molar refractivity (Wildman–Crippen MR) is 71.4 cm³/mol. The van der Waals surface area contributed by atoms with Crippen LogP contribution < -0.4 is 0 Å². The smallest absolute Gasteiger partial charge is 0.239 e. The number of morpholine rings is 1. The Morgan fingerprint density at radius 1 is 1.42 bits per heavy atom. The minimum Gasteiger partial charge on any atom is -0.411 e. The number of oxime groups is 1. The van der Waals surface area contributed by atoms with Crippen molar-refractivity contribution in [1.82, 2.24) is 9.80 Å². The van der Waals surface area contributed by atoms with Crippen molar-refractivity contribution >= 4 is 11.6 Å². The van der Waals surface area contributed by atoms with E-state index in [0.717, 1.165) is 25.2 Å². The van der Waals surface area contributed by atoms with Crippen molar-refractivity contribution in [3.8, 4) is 0 Å². The lowest BCUT2D eigenvalue weighted by molar-refractivity contribution is -0.140. The molecule has 2 fully saturated rings. The molecular weight excluding hydrogens is 246 g/mol. The van der Waals surface area contributed by atoms with Crippen molar-refractivity contribution < 1.29 is 14.7 Å². The van der Waals surface area contributed by atoms with E-state index in [2.05, 4.69) is 10.1 Å². The molecule has 2 rings (SSSR count). The Morgan fingerprint density at radius 3 is 2.68 bits per heavy atom. The van der Waals surface area contributed by atoms with Crippen molar-refractivity contribution in [1.29, 1.82) is 0 Å². The summed E-state index contributed by atoms with van der Waals surface area (Å²) in [6.45, 7) is 8.20. The van der Waals surface area contributed by atoms with E-state index >= 15 is 0 Å². The number of ether oxygens (including phenoxy) is 1. The number of hydrogen-bond donors (Lipinski definition) is 1. The highest BCUT2D eigenvalue weighted by Gasteiger charge is 2.31. The topological polar surface area (TPSA) is 65.4 Å². The zero-order valence-corrected chi connectivity index (χ0v) is 11.7. The molecule has 0 radical (unpaired) electrons. The monoisotopic (exact) mass is 269 g/mol. The highest BCUT2D eigenvalue weighted by molar-refractivity contribution is 5.87. The maximum atomic E-state index is 12.4. The summed E-state index contributed by atoms with van der Waals surface area (Å²) in [5.41, 5.74) is 0.835. The van der Waals surface area contributed by atoms with E-state index in [0.29, 0.717) is 26.3 Å². The van der Waals surface area contributed by atoms with Crippen LogP contribution in [0.5, 0.6) is 0 Å². The molecule has 0 aromatic rings. The van der Waals surface area contributed by atoms with Gasteiger partial charge in [0, 0.05) is 38.5 Å². The number of carbonyl (C=O) groups is 1. The summed E-state index contributed by atoms with van der Waals surface area (Å²) in [5, 5.41) is 12.2. The number of amides is 1. The summed E-state index contributed by atoms with van der Waals surface area (Å²) in [4.78, 5) is 16.5. The molecule has 0 spiro atoms. The fourth-order valence-corrected chi connectivity index (χ4v) is 2.76. The first kappa shape index (κ1) is 14.3. The number of rotatable bonds is 2. The average molecular weight is 269 g/mol. The second kappa shape index (κ2) is 6.34.